The zero-order valence-electron chi connectivity index (χ0n) is 12.8. The molecule has 4 rings (SSSR count). The van der Waals surface area contributed by atoms with Crippen molar-refractivity contribution in [3.63, 3.8) is 0 Å². The van der Waals surface area contributed by atoms with Crippen LogP contribution in [0.25, 0.3) is 16.6 Å². The van der Waals surface area contributed by atoms with Gasteiger partial charge in [-0.05, 0) is 49.1 Å². The third-order valence-electron chi connectivity index (χ3n) is 3.80. The number of anilines is 1. The van der Waals surface area contributed by atoms with Crippen LogP contribution < -0.4 is 5.32 Å². The number of aryl methyl sites for hydroxylation is 2. The number of benzene rings is 1. The molecule has 23 heavy (non-hydrogen) atoms. The standard InChI is InChI=1S/C17H15N5O/c1-10-7-14(9-22-16(10)19-11(2)21-22)20-17(23)13-4-3-12-5-6-18-15(12)8-13/h3-9,18H,1-2H3,(H,20,23). The molecule has 3 heterocycles. The topological polar surface area (TPSA) is 75.1 Å². The quantitative estimate of drug-likeness (QED) is 0.597. The minimum absolute atomic E-state index is 0.155. The van der Waals surface area contributed by atoms with E-state index in [0.717, 1.165) is 22.1 Å². The molecule has 1 amide bonds. The Hall–Kier alpha value is -3.15. The van der Waals surface area contributed by atoms with Crippen molar-refractivity contribution in [3.05, 3.63) is 59.7 Å². The van der Waals surface area contributed by atoms with E-state index in [1.807, 2.05) is 50.4 Å². The number of rotatable bonds is 2. The average molecular weight is 305 g/mol. The van der Waals surface area contributed by atoms with Crippen molar-refractivity contribution in [2.45, 2.75) is 13.8 Å². The van der Waals surface area contributed by atoms with E-state index in [9.17, 15) is 4.79 Å². The normalized spacial score (nSPS) is 11.2. The fourth-order valence-electron chi connectivity index (χ4n) is 2.72. The van der Waals surface area contributed by atoms with E-state index < -0.39 is 0 Å². The van der Waals surface area contributed by atoms with Crippen LogP contribution in [0.1, 0.15) is 21.7 Å². The smallest absolute Gasteiger partial charge is 0.255 e. The number of aromatic nitrogens is 4. The minimum Gasteiger partial charge on any atom is -0.361 e. The highest BCUT2D eigenvalue weighted by molar-refractivity contribution is 6.06. The van der Waals surface area contributed by atoms with Crippen LogP contribution in [0.5, 0.6) is 0 Å². The number of hydrogen-bond acceptors (Lipinski definition) is 3. The second-order valence-corrected chi connectivity index (χ2v) is 5.57. The Morgan fingerprint density at radius 3 is 2.96 bits per heavy atom. The molecule has 0 aliphatic carbocycles. The molecular formula is C17H15N5O. The third-order valence-corrected chi connectivity index (χ3v) is 3.80. The van der Waals surface area contributed by atoms with Crippen molar-refractivity contribution >= 4 is 28.1 Å². The van der Waals surface area contributed by atoms with Gasteiger partial charge >= 0.3 is 0 Å². The van der Waals surface area contributed by atoms with Gasteiger partial charge in [0.15, 0.2) is 5.65 Å². The lowest BCUT2D eigenvalue weighted by Crippen LogP contribution is -2.12. The molecule has 0 atom stereocenters. The van der Waals surface area contributed by atoms with Gasteiger partial charge in [-0.2, -0.15) is 5.10 Å². The second kappa shape index (κ2) is 4.95. The van der Waals surface area contributed by atoms with Gasteiger partial charge in [-0.3, -0.25) is 4.79 Å². The summed E-state index contributed by atoms with van der Waals surface area (Å²) in [5, 5.41) is 8.29. The summed E-state index contributed by atoms with van der Waals surface area (Å²) in [7, 11) is 0. The summed E-state index contributed by atoms with van der Waals surface area (Å²) in [6, 6.07) is 9.46. The van der Waals surface area contributed by atoms with Crippen LogP contribution in [0.4, 0.5) is 5.69 Å². The number of carbonyl (C=O) groups excluding carboxylic acids is 1. The van der Waals surface area contributed by atoms with Gasteiger partial charge in [0, 0.05) is 17.3 Å². The zero-order valence-corrected chi connectivity index (χ0v) is 12.8. The number of fused-ring (bicyclic) bond motifs is 2. The summed E-state index contributed by atoms with van der Waals surface area (Å²) < 4.78 is 1.69. The molecule has 6 heteroatoms. The van der Waals surface area contributed by atoms with Crippen molar-refractivity contribution in [1.29, 1.82) is 0 Å². The monoisotopic (exact) mass is 305 g/mol. The highest BCUT2D eigenvalue weighted by Crippen LogP contribution is 2.18. The van der Waals surface area contributed by atoms with Gasteiger partial charge < -0.3 is 10.3 Å². The molecule has 0 aliphatic heterocycles. The maximum absolute atomic E-state index is 12.5. The van der Waals surface area contributed by atoms with Crippen molar-refractivity contribution in [1.82, 2.24) is 19.6 Å². The zero-order chi connectivity index (χ0) is 16.0. The molecule has 1 aromatic carbocycles. The first-order chi connectivity index (χ1) is 11.1. The lowest BCUT2D eigenvalue weighted by atomic mass is 10.1. The van der Waals surface area contributed by atoms with Crippen LogP contribution in [-0.2, 0) is 0 Å². The second-order valence-electron chi connectivity index (χ2n) is 5.57. The van der Waals surface area contributed by atoms with Crippen molar-refractivity contribution < 1.29 is 4.79 Å². The number of pyridine rings is 1. The Morgan fingerprint density at radius 2 is 2.09 bits per heavy atom. The first-order valence-electron chi connectivity index (χ1n) is 7.32. The number of carbonyl (C=O) groups is 1. The number of hydrogen-bond donors (Lipinski definition) is 2. The first kappa shape index (κ1) is 13.5. The predicted octanol–water partition coefficient (Wildman–Crippen LogP) is 3.08. The van der Waals surface area contributed by atoms with Crippen LogP contribution in [-0.4, -0.2) is 25.5 Å². The highest BCUT2D eigenvalue weighted by Gasteiger charge is 2.10. The van der Waals surface area contributed by atoms with Gasteiger partial charge in [0.2, 0.25) is 0 Å². The average Bonchev–Trinajstić information content (AvgIpc) is 3.12. The summed E-state index contributed by atoms with van der Waals surface area (Å²) >= 11 is 0. The molecule has 2 N–H and O–H groups in total. The van der Waals surface area contributed by atoms with E-state index in [0.29, 0.717) is 17.1 Å². The van der Waals surface area contributed by atoms with E-state index in [-0.39, 0.29) is 5.91 Å². The van der Waals surface area contributed by atoms with Crippen molar-refractivity contribution in [3.8, 4) is 0 Å². The number of nitrogens with one attached hydrogen (secondary N) is 2. The van der Waals surface area contributed by atoms with Gasteiger partial charge in [-0.25, -0.2) is 9.50 Å². The lowest BCUT2D eigenvalue weighted by molar-refractivity contribution is 0.102. The Bertz CT molecular complexity index is 1040. The number of aromatic amines is 1. The summed E-state index contributed by atoms with van der Waals surface area (Å²) in [4.78, 5) is 19.9. The molecule has 0 spiro atoms. The third kappa shape index (κ3) is 2.34. The van der Waals surface area contributed by atoms with Gasteiger partial charge in [0.25, 0.3) is 5.91 Å². The molecule has 0 unspecified atom stereocenters. The Morgan fingerprint density at radius 1 is 1.22 bits per heavy atom. The molecule has 0 fully saturated rings. The molecule has 0 saturated heterocycles. The fourth-order valence-corrected chi connectivity index (χ4v) is 2.72. The van der Waals surface area contributed by atoms with Gasteiger partial charge in [0.1, 0.15) is 5.82 Å². The minimum atomic E-state index is -0.155. The maximum atomic E-state index is 12.5. The lowest BCUT2D eigenvalue weighted by Gasteiger charge is -2.07. The molecule has 114 valence electrons. The largest absolute Gasteiger partial charge is 0.361 e. The summed E-state index contributed by atoms with van der Waals surface area (Å²) in [6.07, 6.45) is 3.63. The van der Waals surface area contributed by atoms with E-state index in [2.05, 4.69) is 20.4 Å². The first-order valence-corrected chi connectivity index (χ1v) is 7.32. The molecular weight excluding hydrogens is 290 g/mol. The van der Waals surface area contributed by atoms with Crippen LogP contribution in [0, 0.1) is 13.8 Å². The summed E-state index contributed by atoms with van der Waals surface area (Å²) in [5.41, 5.74) is 4.00. The molecule has 0 saturated carbocycles. The maximum Gasteiger partial charge on any atom is 0.255 e. The molecule has 4 aromatic rings. The molecule has 0 radical (unpaired) electrons. The fraction of sp³-hybridized carbons (Fsp3) is 0.118. The van der Waals surface area contributed by atoms with Gasteiger partial charge in [-0.1, -0.05) is 6.07 Å². The molecule has 0 bridgehead atoms. The number of nitrogens with zero attached hydrogens (tertiary/aromatic N) is 3. The molecule has 6 nitrogen and oxygen atoms in total. The van der Waals surface area contributed by atoms with Crippen molar-refractivity contribution in [2.24, 2.45) is 0 Å². The van der Waals surface area contributed by atoms with Crippen LogP contribution in [0.2, 0.25) is 0 Å². The van der Waals surface area contributed by atoms with E-state index in [4.69, 9.17) is 0 Å². The Labute approximate surface area is 132 Å². The van der Waals surface area contributed by atoms with E-state index in [1.165, 1.54) is 0 Å². The van der Waals surface area contributed by atoms with Crippen molar-refractivity contribution in [2.75, 3.05) is 5.32 Å². The summed E-state index contributed by atoms with van der Waals surface area (Å²) in [6.45, 7) is 3.79. The van der Waals surface area contributed by atoms with E-state index in [1.54, 1.807) is 10.7 Å². The van der Waals surface area contributed by atoms with Crippen LogP contribution in [0.15, 0.2) is 42.7 Å². The van der Waals surface area contributed by atoms with Gasteiger partial charge in [-0.15, -0.1) is 0 Å². The van der Waals surface area contributed by atoms with E-state index >= 15 is 0 Å². The highest BCUT2D eigenvalue weighted by atomic mass is 16.1. The van der Waals surface area contributed by atoms with Crippen LogP contribution >= 0.6 is 0 Å². The molecule has 0 aliphatic rings. The number of H-pyrrole nitrogens is 1. The Kier molecular flexibility index (Phi) is 2.90. The Balaban J connectivity index is 1.67. The predicted molar refractivity (Wildman–Crippen MR) is 88.7 cm³/mol. The SMILES string of the molecule is Cc1nc2c(C)cc(NC(=O)c3ccc4cc[nH]c4c3)cn2n1. The molecule has 3 aromatic heterocycles. The number of amides is 1. The van der Waals surface area contributed by atoms with Crippen LogP contribution in [0.3, 0.4) is 0 Å². The van der Waals surface area contributed by atoms with Gasteiger partial charge in [0.05, 0.1) is 11.9 Å². The summed E-state index contributed by atoms with van der Waals surface area (Å²) in [5.74, 6) is 0.547.